The molecule has 2 saturated heterocycles. The van der Waals surface area contributed by atoms with Gasteiger partial charge in [0.05, 0.1) is 42.8 Å². The third-order valence-electron chi connectivity index (χ3n) is 5.74. The third kappa shape index (κ3) is 3.14. The molecule has 2 aliphatic heterocycles. The number of nitrogens with two attached hydrogens (primary N) is 1. The minimum atomic E-state index is -0.640. The lowest BCUT2D eigenvalue weighted by Gasteiger charge is -2.40. The summed E-state index contributed by atoms with van der Waals surface area (Å²) in [5, 5.41) is 3.53. The summed E-state index contributed by atoms with van der Waals surface area (Å²) in [6.45, 7) is 4.94. The number of ether oxygens (including phenoxy) is 2. The van der Waals surface area contributed by atoms with Crippen LogP contribution in [0.25, 0.3) is 22.2 Å². The number of carbonyl (C=O) groups excluding carboxylic acids is 1. The van der Waals surface area contributed by atoms with Gasteiger partial charge in [-0.3, -0.25) is 10.3 Å². The lowest BCUT2D eigenvalue weighted by atomic mass is 10.0. The molecule has 3 aromatic heterocycles. The molecule has 2 amide bonds. The maximum absolute atomic E-state index is 11.3. The van der Waals surface area contributed by atoms with Gasteiger partial charge in [-0.1, -0.05) is 6.07 Å². The van der Waals surface area contributed by atoms with Crippen molar-refractivity contribution in [2.24, 2.45) is 5.73 Å². The van der Waals surface area contributed by atoms with Gasteiger partial charge in [-0.05, 0) is 31.5 Å². The predicted molar refractivity (Wildman–Crippen MR) is 109 cm³/mol. The normalized spacial score (nSPS) is 20.5. The number of nitrogens with one attached hydrogen (secondary N) is 1. The number of aromatic nitrogens is 3. The van der Waals surface area contributed by atoms with Gasteiger partial charge in [0.1, 0.15) is 5.82 Å². The molecule has 0 bridgehead atoms. The molecule has 8 nitrogen and oxygen atoms in total. The van der Waals surface area contributed by atoms with E-state index in [0.29, 0.717) is 31.6 Å². The summed E-state index contributed by atoms with van der Waals surface area (Å²) in [6, 6.07) is 7.32. The molecule has 0 spiro atoms. The van der Waals surface area contributed by atoms with Gasteiger partial charge in [-0.15, -0.1) is 0 Å². The molecule has 2 aliphatic rings. The Bertz CT molecular complexity index is 1080. The Hall–Kier alpha value is -2.97. The largest absolute Gasteiger partial charge is 0.381 e. The molecule has 3 N–H and O–H groups in total. The summed E-state index contributed by atoms with van der Waals surface area (Å²) >= 11 is 0. The zero-order valence-corrected chi connectivity index (χ0v) is 16.2. The summed E-state index contributed by atoms with van der Waals surface area (Å²) in [4.78, 5) is 20.6. The van der Waals surface area contributed by atoms with E-state index in [1.165, 1.54) is 0 Å². The van der Waals surface area contributed by atoms with Crippen molar-refractivity contribution in [2.45, 2.75) is 24.8 Å². The highest BCUT2D eigenvalue weighted by atomic mass is 16.5. The van der Waals surface area contributed by atoms with Crippen molar-refractivity contribution in [3.63, 3.8) is 0 Å². The molecule has 1 atom stereocenters. The van der Waals surface area contributed by atoms with E-state index in [0.717, 1.165) is 40.9 Å². The maximum atomic E-state index is 11.3. The number of primary amides is 1. The van der Waals surface area contributed by atoms with Crippen LogP contribution in [0.3, 0.4) is 0 Å². The molecule has 0 aliphatic carbocycles. The maximum Gasteiger partial charge on any atom is 0.317 e. The van der Waals surface area contributed by atoms with E-state index >= 15 is 0 Å². The summed E-state index contributed by atoms with van der Waals surface area (Å²) in [5.74, 6) is 0.744. The second kappa shape index (κ2) is 6.82. The van der Waals surface area contributed by atoms with Crippen LogP contribution in [0.2, 0.25) is 0 Å². The molecule has 2 fully saturated rings. The van der Waals surface area contributed by atoms with Crippen LogP contribution in [-0.4, -0.2) is 47.0 Å². The SMILES string of the molecule is CC1(n2cc(-c3cccc(C4CCOC4)n3)c3cc(NC(N)=O)ncc32)COC1. The second-order valence-electron chi connectivity index (χ2n) is 7.99. The van der Waals surface area contributed by atoms with Crippen LogP contribution in [0.1, 0.15) is 25.0 Å². The molecule has 0 saturated carbocycles. The number of fused-ring (bicyclic) bond motifs is 1. The van der Waals surface area contributed by atoms with Crippen molar-refractivity contribution in [1.29, 1.82) is 0 Å². The fraction of sp³-hybridized carbons (Fsp3) is 0.381. The molecule has 1 unspecified atom stereocenters. The molecule has 5 heterocycles. The number of nitrogens with zero attached hydrogens (tertiary/aromatic N) is 3. The molecule has 0 aromatic carbocycles. The van der Waals surface area contributed by atoms with Gasteiger partial charge in [-0.2, -0.15) is 0 Å². The standard InChI is InChI=1S/C21H23N5O3/c1-21(11-29-12-21)26-9-15(14-7-19(25-20(22)27)23-8-18(14)26)17-4-2-3-16(24-17)13-5-6-28-10-13/h2-4,7-9,13H,5-6,10-12H2,1H3,(H3,22,23,25,27). The molecule has 0 radical (unpaired) electrons. The monoisotopic (exact) mass is 393 g/mol. The summed E-state index contributed by atoms with van der Waals surface area (Å²) in [6.07, 6.45) is 4.87. The second-order valence-corrected chi connectivity index (χ2v) is 7.99. The Labute approximate surface area is 168 Å². The van der Waals surface area contributed by atoms with E-state index in [2.05, 4.69) is 34.1 Å². The first kappa shape index (κ1) is 18.1. The van der Waals surface area contributed by atoms with Gasteiger partial charge in [-0.25, -0.2) is 9.78 Å². The average molecular weight is 393 g/mol. The smallest absolute Gasteiger partial charge is 0.317 e. The number of anilines is 1. The Kier molecular flexibility index (Phi) is 4.25. The van der Waals surface area contributed by atoms with Crippen LogP contribution in [0.5, 0.6) is 0 Å². The predicted octanol–water partition coefficient (Wildman–Crippen LogP) is 2.84. The Balaban J connectivity index is 1.65. The fourth-order valence-corrected chi connectivity index (χ4v) is 4.10. The summed E-state index contributed by atoms with van der Waals surface area (Å²) < 4.78 is 13.2. The van der Waals surface area contributed by atoms with E-state index in [9.17, 15) is 4.79 Å². The topological polar surface area (TPSA) is 104 Å². The summed E-state index contributed by atoms with van der Waals surface area (Å²) in [7, 11) is 0. The number of rotatable bonds is 4. The summed E-state index contributed by atoms with van der Waals surface area (Å²) in [5.41, 5.74) is 9.04. The van der Waals surface area contributed by atoms with E-state index in [1.54, 1.807) is 6.20 Å². The number of amides is 2. The van der Waals surface area contributed by atoms with Crippen molar-refractivity contribution in [2.75, 3.05) is 31.7 Å². The van der Waals surface area contributed by atoms with Gasteiger partial charge in [0.25, 0.3) is 0 Å². The molecular weight excluding hydrogens is 370 g/mol. The molecule has 8 heteroatoms. The first-order valence-electron chi connectivity index (χ1n) is 9.74. The highest BCUT2D eigenvalue weighted by Gasteiger charge is 2.37. The molecule has 5 rings (SSSR count). The van der Waals surface area contributed by atoms with E-state index in [-0.39, 0.29) is 5.54 Å². The van der Waals surface area contributed by atoms with Gasteiger partial charge in [0, 0.05) is 35.4 Å². The van der Waals surface area contributed by atoms with Crippen molar-refractivity contribution in [1.82, 2.24) is 14.5 Å². The highest BCUT2D eigenvalue weighted by Crippen LogP contribution is 2.37. The van der Waals surface area contributed by atoms with Crippen LogP contribution < -0.4 is 11.1 Å². The van der Waals surface area contributed by atoms with Gasteiger partial charge < -0.3 is 19.8 Å². The Morgan fingerprint density at radius 3 is 2.90 bits per heavy atom. The first-order valence-corrected chi connectivity index (χ1v) is 9.74. The van der Waals surface area contributed by atoms with Crippen LogP contribution in [-0.2, 0) is 15.0 Å². The minimum absolute atomic E-state index is 0.131. The van der Waals surface area contributed by atoms with E-state index < -0.39 is 6.03 Å². The lowest BCUT2D eigenvalue weighted by molar-refractivity contribution is -0.0874. The van der Waals surface area contributed by atoms with Crippen molar-refractivity contribution in [3.8, 4) is 11.3 Å². The van der Waals surface area contributed by atoms with E-state index in [4.69, 9.17) is 20.2 Å². The van der Waals surface area contributed by atoms with Crippen molar-refractivity contribution >= 4 is 22.8 Å². The Morgan fingerprint density at radius 2 is 2.21 bits per heavy atom. The zero-order chi connectivity index (χ0) is 20.0. The third-order valence-corrected chi connectivity index (χ3v) is 5.74. The molecule has 150 valence electrons. The number of hydrogen-bond acceptors (Lipinski definition) is 5. The van der Waals surface area contributed by atoms with Gasteiger partial charge in [0.15, 0.2) is 0 Å². The number of pyridine rings is 2. The minimum Gasteiger partial charge on any atom is -0.381 e. The lowest BCUT2D eigenvalue weighted by Crippen LogP contribution is -2.48. The van der Waals surface area contributed by atoms with Crippen LogP contribution in [0.15, 0.2) is 36.7 Å². The molecule has 3 aromatic rings. The molecule has 29 heavy (non-hydrogen) atoms. The Morgan fingerprint density at radius 1 is 1.34 bits per heavy atom. The fourth-order valence-electron chi connectivity index (χ4n) is 4.10. The number of urea groups is 1. The van der Waals surface area contributed by atoms with Crippen molar-refractivity contribution in [3.05, 3.63) is 42.4 Å². The van der Waals surface area contributed by atoms with Gasteiger partial charge >= 0.3 is 6.03 Å². The quantitative estimate of drug-likeness (QED) is 0.709. The van der Waals surface area contributed by atoms with E-state index in [1.807, 2.05) is 18.2 Å². The van der Waals surface area contributed by atoms with Crippen LogP contribution >= 0.6 is 0 Å². The number of carbonyl (C=O) groups is 1. The average Bonchev–Trinajstić information content (AvgIpc) is 3.34. The van der Waals surface area contributed by atoms with Crippen LogP contribution in [0.4, 0.5) is 10.6 Å². The van der Waals surface area contributed by atoms with Gasteiger partial charge in [0.2, 0.25) is 0 Å². The highest BCUT2D eigenvalue weighted by molar-refractivity contribution is 5.98. The zero-order valence-electron chi connectivity index (χ0n) is 16.2. The number of hydrogen-bond donors (Lipinski definition) is 2. The van der Waals surface area contributed by atoms with Crippen LogP contribution in [0, 0.1) is 0 Å². The van der Waals surface area contributed by atoms with Crippen molar-refractivity contribution < 1.29 is 14.3 Å². The first-order chi connectivity index (χ1) is 14.0. The molecular formula is C21H23N5O3.